The summed E-state index contributed by atoms with van der Waals surface area (Å²) in [7, 11) is 0. The molecule has 1 amide bonds. The SMILES string of the molecule is CC(C)(C)OC(=O)NCC(O)C(O)c1csc(C(=O)O)c1. The van der Waals surface area contributed by atoms with Crippen molar-refractivity contribution < 1.29 is 29.6 Å². The van der Waals surface area contributed by atoms with E-state index < -0.39 is 29.9 Å². The molecule has 0 spiro atoms. The molecule has 0 saturated heterocycles. The molecule has 0 aromatic carbocycles. The summed E-state index contributed by atoms with van der Waals surface area (Å²) in [5.74, 6) is -1.10. The van der Waals surface area contributed by atoms with Gasteiger partial charge in [0.05, 0.1) is 0 Å². The summed E-state index contributed by atoms with van der Waals surface area (Å²) >= 11 is 0.953. The number of alkyl carbamates (subject to hydrolysis) is 1. The minimum Gasteiger partial charge on any atom is -0.477 e. The first-order valence-electron chi connectivity index (χ1n) is 6.25. The van der Waals surface area contributed by atoms with E-state index in [4.69, 9.17) is 9.84 Å². The molecule has 1 heterocycles. The van der Waals surface area contributed by atoms with Gasteiger partial charge in [0, 0.05) is 6.54 Å². The van der Waals surface area contributed by atoms with E-state index in [1.165, 1.54) is 11.4 Å². The molecule has 21 heavy (non-hydrogen) atoms. The molecule has 7 nitrogen and oxygen atoms in total. The number of carbonyl (C=O) groups is 2. The number of rotatable bonds is 5. The lowest BCUT2D eigenvalue weighted by atomic mass is 10.1. The molecule has 118 valence electrons. The third-order valence-corrected chi connectivity index (χ3v) is 3.33. The molecule has 0 fully saturated rings. The number of aromatic carboxylic acids is 1. The number of thiophene rings is 1. The minimum atomic E-state index is -1.29. The van der Waals surface area contributed by atoms with Crippen molar-refractivity contribution in [3.8, 4) is 0 Å². The maximum absolute atomic E-state index is 11.4. The number of aliphatic hydroxyl groups is 2. The Kier molecular flexibility index (Phi) is 5.70. The molecule has 2 unspecified atom stereocenters. The zero-order valence-corrected chi connectivity index (χ0v) is 12.8. The van der Waals surface area contributed by atoms with Crippen LogP contribution in [0.15, 0.2) is 11.4 Å². The Labute approximate surface area is 126 Å². The van der Waals surface area contributed by atoms with E-state index in [0.29, 0.717) is 0 Å². The van der Waals surface area contributed by atoms with Gasteiger partial charge in [-0.15, -0.1) is 11.3 Å². The summed E-state index contributed by atoms with van der Waals surface area (Å²) in [5.41, 5.74) is -0.367. The quantitative estimate of drug-likeness (QED) is 0.652. The fourth-order valence-corrected chi connectivity index (χ4v) is 2.23. The average molecular weight is 317 g/mol. The van der Waals surface area contributed by atoms with Crippen LogP contribution < -0.4 is 5.32 Å². The maximum atomic E-state index is 11.4. The van der Waals surface area contributed by atoms with Crippen LogP contribution >= 0.6 is 11.3 Å². The van der Waals surface area contributed by atoms with Gasteiger partial charge in [0.2, 0.25) is 0 Å². The molecular weight excluding hydrogens is 298 g/mol. The van der Waals surface area contributed by atoms with Gasteiger partial charge in [0.15, 0.2) is 0 Å². The number of amides is 1. The van der Waals surface area contributed by atoms with Crippen molar-refractivity contribution in [2.24, 2.45) is 0 Å². The highest BCUT2D eigenvalue weighted by Gasteiger charge is 2.23. The molecular formula is C13H19NO6S. The Morgan fingerprint density at radius 1 is 1.38 bits per heavy atom. The van der Waals surface area contributed by atoms with Gasteiger partial charge in [-0.05, 0) is 37.8 Å². The highest BCUT2D eigenvalue weighted by Crippen LogP contribution is 2.23. The van der Waals surface area contributed by atoms with Crippen LogP contribution in [0.2, 0.25) is 0 Å². The highest BCUT2D eigenvalue weighted by atomic mass is 32.1. The molecule has 0 aliphatic rings. The Morgan fingerprint density at radius 3 is 2.48 bits per heavy atom. The second-order valence-corrected chi connectivity index (χ2v) is 6.36. The first kappa shape index (κ1) is 17.4. The molecule has 0 aliphatic heterocycles. The lowest BCUT2D eigenvalue weighted by molar-refractivity contribution is 0.0131. The summed E-state index contributed by atoms with van der Waals surface area (Å²) in [4.78, 5) is 22.2. The standard InChI is InChI=1S/C13H19NO6S/c1-13(2,3)20-12(19)14-5-8(15)10(16)7-4-9(11(17)18)21-6-7/h4,6,8,10,15-16H,5H2,1-3H3,(H,14,19)(H,17,18). The van der Waals surface area contributed by atoms with Crippen molar-refractivity contribution in [3.63, 3.8) is 0 Å². The van der Waals surface area contributed by atoms with Crippen LogP contribution in [-0.2, 0) is 4.74 Å². The number of carbonyl (C=O) groups excluding carboxylic acids is 1. The Morgan fingerprint density at radius 2 is 2.00 bits per heavy atom. The third-order valence-electron chi connectivity index (χ3n) is 2.39. The number of ether oxygens (including phenoxy) is 1. The summed E-state index contributed by atoms with van der Waals surface area (Å²) in [6, 6.07) is 1.29. The lowest BCUT2D eigenvalue weighted by Crippen LogP contribution is -2.38. The summed E-state index contributed by atoms with van der Waals surface area (Å²) in [6.45, 7) is 4.90. The van der Waals surface area contributed by atoms with Gasteiger partial charge in [-0.2, -0.15) is 0 Å². The van der Waals surface area contributed by atoms with E-state index in [1.54, 1.807) is 20.8 Å². The van der Waals surface area contributed by atoms with Crippen LogP contribution in [0.4, 0.5) is 4.79 Å². The van der Waals surface area contributed by atoms with Crippen molar-refractivity contribution in [1.29, 1.82) is 0 Å². The fraction of sp³-hybridized carbons (Fsp3) is 0.538. The molecule has 1 rings (SSSR count). The minimum absolute atomic E-state index is 0.0661. The van der Waals surface area contributed by atoms with E-state index >= 15 is 0 Å². The summed E-state index contributed by atoms with van der Waals surface area (Å²) in [5, 5.41) is 32.3. The number of nitrogens with one attached hydrogen (secondary N) is 1. The number of carboxylic acids is 1. The molecule has 0 aliphatic carbocycles. The molecule has 0 saturated carbocycles. The van der Waals surface area contributed by atoms with Crippen molar-refractivity contribution in [1.82, 2.24) is 5.32 Å². The van der Waals surface area contributed by atoms with E-state index in [9.17, 15) is 19.8 Å². The largest absolute Gasteiger partial charge is 0.477 e. The number of carboxylic acid groups (broad SMARTS) is 1. The second-order valence-electron chi connectivity index (χ2n) is 5.44. The topological polar surface area (TPSA) is 116 Å². The predicted molar refractivity (Wildman–Crippen MR) is 76.5 cm³/mol. The zero-order chi connectivity index (χ0) is 16.2. The second kappa shape index (κ2) is 6.88. The van der Waals surface area contributed by atoms with Gasteiger partial charge in [0.1, 0.15) is 22.7 Å². The Bertz CT molecular complexity index is 507. The average Bonchev–Trinajstić information content (AvgIpc) is 2.82. The molecule has 1 aromatic rings. The van der Waals surface area contributed by atoms with Crippen molar-refractivity contribution in [2.45, 2.75) is 38.6 Å². The van der Waals surface area contributed by atoms with Crippen LogP contribution in [0.1, 0.15) is 42.1 Å². The van der Waals surface area contributed by atoms with Crippen LogP contribution in [0.5, 0.6) is 0 Å². The van der Waals surface area contributed by atoms with E-state index in [1.807, 2.05) is 0 Å². The number of aliphatic hydroxyl groups excluding tert-OH is 2. The molecule has 0 bridgehead atoms. The van der Waals surface area contributed by atoms with Crippen molar-refractivity contribution in [2.75, 3.05) is 6.54 Å². The highest BCUT2D eigenvalue weighted by molar-refractivity contribution is 7.12. The van der Waals surface area contributed by atoms with Gasteiger partial charge in [-0.1, -0.05) is 0 Å². The van der Waals surface area contributed by atoms with Crippen LogP contribution in [0, 0.1) is 0 Å². The first-order valence-corrected chi connectivity index (χ1v) is 7.13. The van der Waals surface area contributed by atoms with Gasteiger partial charge < -0.3 is 25.4 Å². The molecule has 2 atom stereocenters. The predicted octanol–water partition coefficient (Wildman–Crippen LogP) is 1.37. The van der Waals surface area contributed by atoms with Crippen molar-refractivity contribution in [3.05, 3.63) is 21.9 Å². The summed E-state index contributed by atoms with van der Waals surface area (Å²) < 4.78 is 4.99. The smallest absolute Gasteiger partial charge is 0.407 e. The van der Waals surface area contributed by atoms with Crippen LogP contribution in [-0.4, -0.2) is 45.6 Å². The lowest BCUT2D eigenvalue weighted by Gasteiger charge is -2.21. The van der Waals surface area contributed by atoms with E-state index in [-0.39, 0.29) is 17.0 Å². The molecule has 8 heteroatoms. The molecule has 1 aromatic heterocycles. The third kappa shape index (κ3) is 5.70. The van der Waals surface area contributed by atoms with Gasteiger partial charge in [-0.25, -0.2) is 9.59 Å². The van der Waals surface area contributed by atoms with Crippen LogP contribution in [0.3, 0.4) is 0 Å². The monoisotopic (exact) mass is 317 g/mol. The first-order chi connectivity index (χ1) is 9.60. The molecule has 0 radical (unpaired) electrons. The van der Waals surface area contributed by atoms with Crippen LogP contribution in [0.25, 0.3) is 0 Å². The van der Waals surface area contributed by atoms with E-state index in [0.717, 1.165) is 11.3 Å². The number of hydrogen-bond acceptors (Lipinski definition) is 6. The zero-order valence-electron chi connectivity index (χ0n) is 12.0. The normalized spacial score (nSPS) is 14.3. The van der Waals surface area contributed by atoms with Gasteiger partial charge in [-0.3, -0.25) is 0 Å². The van der Waals surface area contributed by atoms with Crippen molar-refractivity contribution >= 4 is 23.4 Å². The fourth-order valence-electron chi connectivity index (χ4n) is 1.45. The number of hydrogen-bond donors (Lipinski definition) is 4. The summed E-state index contributed by atoms with van der Waals surface area (Å²) in [6.07, 6.45) is -3.26. The molecule has 4 N–H and O–H groups in total. The van der Waals surface area contributed by atoms with E-state index in [2.05, 4.69) is 5.32 Å². The Hall–Kier alpha value is -1.64. The Balaban J connectivity index is 2.52. The van der Waals surface area contributed by atoms with Gasteiger partial charge in [0.25, 0.3) is 0 Å². The van der Waals surface area contributed by atoms with Gasteiger partial charge >= 0.3 is 12.1 Å². The maximum Gasteiger partial charge on any atom is 0.407 e.